The Morgan fingerprint density at radius 1 is 0.641 bits per heavy atom. The first-order valence-electron chi connectivity index (χ1n) is 13.2. The van der Waals surface area contributed by atoms with Crippen molar-refractivity contribution in [3.63, 3.8) is 0 Å². The Morgan fingerprint density at radius 2 is 1.05 bits per heavy atom. The summed E-state index contributed by atoms with van der Waals surface area (Å²) in [7, 11) is 0. The topological polar surface area (TPSA) is 132 Å². The molecule has 1 aromatic carbocycles. The number of amides is 2. The fraction of sp³-hybridized carbons (Fsp3) is 0.704. The number of alkyl carbamates (subject to hydrolysis) is 1. The summed E-state index contributed by atoms with van der Waals surface area (Å²) in [6.07, 6.45) is -0.454. The van der Waals surface area contributed by atoms with Crippen molar-refractivity contribution < 1.29 is 47.5 Å². The van der Waals surface area contributed by atoms with E-state index < -0.39 is 11.7 Å². The lowest BCUT2D eigenvalue weighted by atomic mass is 10.2. The third-order valence-corrected chi connectivity index (χ3v) is 4.45. The number of hydrogen-bond donors (Lipinski definition) is 2. The van der Waals surface area contributed by atoms with Gasteiger partial charge < -0.3 is 48.5 Å². The number of nitrogens with one attached hydrogen (secondary N) is 2. The Morgan fingerprint density at radius 3 is 1.46 bits per heavy atom. The van der Waals surface area contributed by atoms with Crippen LogP contribution in [0.2, 0.25) is 0 Å². The van der Waals surface area contributed by atoms with Crippen LogP contribution in [0, 0.1) is 0 Å². The van der Waals surface area contributed by atoms with E-state index in [1.807, 2.05) is 20.8 Å². The van der Waals surface area contributed by atoms with E-state index in [-0.39, 0.29) is 5.91 Å². The average molecular weight is 559 g/mol. The highest BCUT2D eigenvalue weighted by Crippen LogP contribution is 2.15. The minimum Gasteiger partial charge on any atom is -0.491 e. The molecule has 12 heteroatoms. The highest BCUT2D eigenvalue weighted by molar-refractivity contribution is 5.88. The minimum absolute atomic E-state index is 0.110. The Balaban J connectivity index is 1.74. The van der Waals surface area contributed by atoms with Crippen LogP contribution >= 0.6 is 0 Å². The van der Waals surface area contributed by atoms with Crippen LogP contribution in [0.5, 0.6) is 5.75 Å². The van der Waals surface area contributed by atoms with Gasteiger partial charge in [-0.15, -0.1) is 0 Å². The van der Waals surface area contributed by atoms with Gasteiger partial charge in [-0.3, -0.25) is 4.79 Å². The van der Waals surface area contributed by atoms with Gasteiger partial charge >= 0.3 is 6.09 Å². The van der Waals surface area contributed by atoms with Gasteiger partial charge in [-0.05, 0) is 45.0 Å². The maximum Gasteiger partial charge on any atom is 0.407 e. The van der Waals surface area contributed by atoms with E-state index in [9.17, 15) is 9.59 Å². The molecule has 224 valence electrons. The number of anilines is 1. The molecule has 0 saturated heterocycles. The molecule has 0 heterocycles. The molecule has 39 heavy (non-hydrogen) atoms. The molecular weight excluding hydrogens is 512 g/mol. The zero-order chi connectivity index (χ0) is 28.6. The Bertz CT molecular complexity index is 756. The lowest BCUT2D eigenvalue weighted by Gasteiger charge is -2.19. The first-order chi connectivity index (χ1) is 18.8. The van der Waals surface area contributed by atoms with Gasteiger partial charge in [0.15, 0.2) is 0 Å². The quantitative estimate of drug-likeness (QED) is 0.193. The van der Waals surface area contributed by atoms with Crippen LogP contribution in [0.25, 0.3) is 0 Å². The number of hydrogen-bond acceptors (Lipinski definition) is 10. The molecule has 0 spiro atoms. The minimum atomic E-state index is -0.511. The molecule has 0 radical (unpaired) electrons. The number of carbonyl (C=O) groups is 2. The van der Waals surface area contributed by atoms with Crippen LogP contribution in [0.3, 0.4) is 0 Å². The number of rotatable bonds is 23. The molecule has 0 fully saturated rings. The van der Waals surface area contributed by atoms with Gasteiger partial charge in [0.1, 0.15) is 18.0 Å². The molecule has 0 atom stereocenters. The van der Waals surface area contributed by atoms with Gasteiger partial charge in [0, 0.05) is 19.2 Å². The smallest absolute Gasteiger partial charge is 0.407 e. The molecule has 1 rings (SSSR count). The number of ether oxygens (including phenoxy) is 8. The standard InChI is InChI=1S/C27H46N2O10/c1-23(30)29-24-5-7-25(8-6-24)38-22-21-37-20-19-36-18-17-35-16-15-34-14-13-33-12-11-32-10-9-28-26(31)39-27(2,3)4/h5-8H,9-22H2,1-4H3,(H,28,31)(H,29,30). The Hall–Kier alpha value is -2.48. The summed E-state index contributed by atoms with van der Waals surface area (Å²) in [5.74, 6) is 0.603. The third kappa shape index (κ3) is 23.2. The largest absolute Gasteiger partial charge is 0.491 e. The summed E-state index contributed by atoms with van der Waals surface area (Å²) in [5, 5.41) is 5.33. The molecule has 0 aliphatic heterocycles. The van der Waals surface area contributed by atoms with E-state index in [2.05, 4.69) is 10.6 Å². The first kappa shape index (κ1) is 34.5. The second kappa shape index (κ2) is 22.3. The van der Waals surface area contributed by atoms with Crippen LogP contribution in [0.15, 0.2) is 24.3 Å². The highest BCUT2D eigenvalue weighted by atomic mass is 16.6. The van der Waals surface area contributed by atoms with Gasteiger partial charge in [0.05, 0.1) is 79.3 Å². The van der Waals surface area contributed by atoms with Gasteiger partial charge in [0.25, 0.3) is 0 Å². The molecule has 0 unspecified atom stereocenters. The predicted molar refractivity (Wildman–Crippen MR) is 145 cm³/mol. The Kier molecular flexibility index (Phi) is 19.8. The van der Waals surface area contributed by atoms with Crippen molar-refractivity contribution in [2.75, 3.05) is 97.8 Å². The molecular formula is C27H46N2O10. The average Bonchev–Trinajstić information content (AvgIpc) is 2.86. The number of benzene rings is 1. The summed E-state index contributed by atoms with van der Waals surface area (Å²) in [6, 6.07) is 7.16. The highest BCUT2D eigenvalue weighted by Gasteiger charge is 2.15. The monoisotopic (exact) mass is 558 g/mol. The molecule has 0 bridgehead atoms. The zero-order valence-electron chi connectivity index (χ0n) is 23.8. The normalized spacial score (nSPS) is 11.3. The molecule has 0 aromatic heterocycles. The fourth-order valence-electron chi connectivity index (χ4n) is 2.80. The van der Waals surface area contributed by atoms with Crippen molar-refractivity contribution in [2.45, 2.75) is 33.3 Å². The van der Waals surface area contributed by atoms with Crippen LogP contribution in [0.1, 0.15) is 27.7 Å². The van der Waals surface area contributed by atoms with E-state index in [0.717, 1.165) is 5.69 Å². The lowest BCUT2D eigenvalue weighted by Crippen LogP contribution is -2.34. The van der Waals surface area contributed by atoms with E-state index >= 15 is 0 Å². The second-order valence-corrected chi connectivity index (χ2v) is 9.16. The second-order valence-electron chi connectivity index (χ2n) is 9.16. The predicted octanol–water partition coefficient (Wildman–Crippen LogP) is 2.65. The van der Waals surface area contributed by atoms with E-state index in [4.69, 9.17) is 37.9 Å². The molecule has 0 aliphatic rings. The zero-order valence-corrected chi connectivity index (χ0v) is 23.8. The molecule has 0 saturated carbocycles. The van der Waals surface area contributed by atoms with E-state index in [1.54, 1.807) is 24.3 Å². The maximum atomic E-state index is 11.5. The molecule has 12 nitrogen and oxygen atoms in total. The van der Waals surface area contributed by atoms with Gasteiger partial charge in [-0.1, -0.05) is 0 Å². The van der Waals surface area contributed by atoms with E-state index in [0.29, 0.717) is 98.2 Å². The molecule has 2 amide bonds. The van der Waals surface area contributed by atoms with Gasteiger partial charge in [-0.2, -0.15) is 0 Å². The summed E-state index contributed by atoms with van der Waals surface area (Å²) >= 11 is 0. The molecule has 1 aromatic rings. The summed E-state index contributed by atoms with van der Waals surface area (Å²) in [4.78, 5) is 22.5. The van der Waals surface area contributed by atoms with Gasteiger partial charge in [0.2, 0.25) is 5.91 Å². The SMILES string of the molecule is CC(=O)Nc1ccc(OCCOCCOCCOCCOCCOCCOCCNC(=O)OC(C)(C)C)cc1. The van der Waals surface area contributed by atoms with Crippen LogP contribution in [-0.2, 0) is 38.0 Å². The van der Waals surface area contributed by atoms with Crippen LogP contribution in [0.4, 0.5) is 10.5 Å². The number of carbonyl (C=O) groups excluding carboxylic acids is 2. The van der Waals surface area contributed by atoms with Crippen molar-refractivity contribution in [1.82, 2.24) is 5.32 Å². The summed E-state index contributed by atoms with van der Waals surface area (Å²) < 4.78 is 43.3. The van der Waals surface area contributed by atoms with Crippen molar-refractivity contribution >= 4 is 17.7 Å². The van der Waals surface area contributed by atoms with Crippen molar-refractivity contribution in [1.29, 1.82) is 0 Å². The van der Waals surface area contributed by atoms with Crippen LogP contribution in [-0.4, -0.2) is 110 Å². The third-order valence-electron chi connectivity index (χ3n) is 4.45. The van der Waals surface area contributed by atoms with Crippen LogP contribution < -0.4 is 15.4 Å². The van der Waals surface area contributed by atoms with Crippen molar-refractivity contribution in [2.24, 2.45) is 0 Å². The fourth-order valence-corrected chi connectivity index (χ4v) is 2.80. The summed E-state index contributed by atoms with van der Waals surface area (Å²) in [5.41, 5.74) is 0.218. The van der Waals surface area contributed by atoms with E-state index in [1.165, 1.54) is 6.92 Å². The summed E-state index contributed by atoms with van der Waals surface area (Å²) in [6.45, 7) is 13.3. The first-order valence-corrected chi connectivity index (χ1v) is 13.2. The lowest BCUT2D eigenvalue weighted by molar-refractivity contribution is -0.114. The molecule has 0 aliphatic carbocycles. The van der Waals surface area contributed by atoms with Gasteiger partial charge in [-0.25, -0.2) is 4.79 Å². The van der Waals surface area contributed by atoms with Crippen molar-refractivity contribution in [3.8, 4) is 5.75 Å². The van der Waals surface area contributed by atoms with Crippen molar-refractivity contribution in [3.05, 3.63) is 24.3 Å². The molecule has 2 N–H and O–H groups in total. The maximum absolute atomic E-state index is 11.5. The Labute approximate surface area is 231 Å².